The first-order valence-corrected chi connectivity index (χ1v) is 15.5. The lowest BCUT2D eigenvalue weighted by Crippen LogP contribution is -2.42. The molecule has 1 aliphatic heterocycles. The third-order valence-electron chi connectivity index (χ3n) is 7.84. The Kier molecular flexibility index (Phi) is 11.1. The molecule has 3 N–H and O–H groups in total. The van der Waals surface area contributed by atoms with Gasteiger partial charge >= 0.3 is 5.82 Å². The summed E-state index contributed by atoms with van der Waals surface area (Å²) >= 11 is 0. The molecule has 0 radical (unpaired) electrons. The van der Waals surface area contributed by atoms with Crippen LogP contribution in [-0.2, 0) is 17.6 Å². The minimum Gasteiger partial charge on any atom is -0.476 e. The average Bonchev–Trinajstić information content (AvgIpc) is 3.06. The van der Waals surface area contributed by atoms with Gasteiger partial charge in [0.25, 0.3) is 5.82 Å². The van der Waals surface area contributed by atoms with Crippen LogP contribution in [0.15, 0.2) is 79.1 Å². The third-order valence-corrected chi connectivity index (χ3v) is 7.84. The van der Waals surface area contributed by atoms with Gasteiger partial charge in [-0.2, -0.15) is 0 Å². The van der Waals surface area contributed by atoms with Crippen LogP contribution in [-0.4, -0.2) is 69.7 Å². The molecule has 0 amide bonds. The summed E-state index contributed by atoms with van der Waals surface area (Å²) < 4.78 is 6.90. The van der Waals surface area contributed by atoms with Crippen LogP contribution in [0.2, 0.25) is 0 Å². The van der Waals surface area contributed by atoms with E-state index in [0.717, 1.165) is 67.0 Å². The van der Waals surface area contributed by atoms with Crippen LogP contribution < -0.4 is 20.1 Å². The molecule has 0 unspecified atom stereocenters. The molecule has 0 bridgehead atoms. The summed E-state index contributed by atoms with van der Waals surface area (Å²) in [6, 6.07) is 20.6. The molecule has 5 rings (SSSR count). The van der Waals surface area contributed by atoms with Gasteiger partial charge in [-0.15, -0.1) is 4.98 Å². The van der Waals surface area contributed by atoms with Crippen LogP contribution in [0.25, 0.3) is 11.4 Å². The number of ketones is 1. The molecular formula is C34H42N7O3+. The van der Waals surface area contributed by atoms with Gasteiger partial charge in [-0.25, -0.2) is 9.97 Å². The summed E-state index contributed by atoms with van der Waals surface area (Å²) in [6.07, 6.45) is 9.10. The molecule has 4 heterocycles. The molecule has 3 aromatic heterocycles. The SMILES string of the molecule is CC(=O)[C@H](CCN(CCCCc1ccc2c(n1)NCCC2)CCOc1ccccn1)Nc1ccnc(-c2ccccc2)[n+]1O. The second-order valence-corrected chi connectivity index (χ2v) is 11.1. The first-order chi connectivity index (χ1) is 21.6. The van der Waals surface area contributed by atoms with E-state index < -0.39 is 6.04 Å². The van der Waals surface area contributed by atoms with E-state index in [1.54, 1.807) is 25.4 Å². The maximum absolute atomic E-state index is 12.7. The van der Waals surface area contributed by atoms with Crippen LogP contribution in [0.4, 0.5) is 11.6 Å². The van der Waals surface area contributed by atoms with E-state index in [1.807, 2.05) is 48.5 Å². The number of anilines is 2. The molecule has 4 aromatic rings. The Morgan fingerprint density at radius 1 is 1.02 bits per heavy atom. The van der Waals surface area contributed by atoms with E-state index in [0.29, 0.717) is 43.6 Å². The van der Waals surface area contributed by atoms with Crippen molar-refractivity contribution in [1.82, 2.24) is 19.9 Å². The van der Waals surface area contributed by atoms with Crippen molar-refractivity contribution in [2.45, 2.75) is 51.5 Å². The number of hydrogen-bond donors (Lipinski definition) is 3. The molecule has 0 saturated heterocycles. The number of nitrogens with zero attached hydrogens (tertiary/aromatic N) is 5. The summed E-state index contributed by atoms with van der Waals surface area (Å²) in [6.45, 7) is 5.32. The molecule has 0 spiro atoms. The lowest BCUT2D eigenvalue weighted by Gasteiger charge is -2.24. The summed E-state index contributed by atoms with van der Waals surface area (Å²) in [5, 5.41) is 17.6. The number of rotatable bonds is 16. The Morgan fingerprint density at radius 2 is 1.89 bits per heavy atom. The highest BCUT2D eigenvalue weighted by atomic mass is 16.5. The highest BCUT2D eigenvalue weighted by molar-refractivity contribution is 5.83. The number of aromatic nitrogens is 4. The van der Waals surface area contributed by atoms with Crippen LogP contribution in [0.5, 0.6) is 5.88 Å². The van der Waals surface area contributed by atoms with Crippen LogP contribution >= 0.6 is 0 Å². The Labute approximate surface area is 259 Å². The summed E-state index contributed by atoms with van der Waals surface area (Å²) in [5.41, 5.74) is 3.20. The predicted molar refractivity (Wildman–Crippen MR) is 170 cm³/mol. The molecule has 10 nitrogen and oxygen atoms in total. The number of nitrogens with one attached hydrogen (secondary N) is 2. The zero-order chi connectivity index (χ0) is 30.6. The number of fused-ring (bicyclic) bond motifs is 1. The van der Waals surface area contributed by atoms with E-state index in [4.69, 9.17) is 9.72 Å². The lowest BCUT2D eigenvalue weighted by atomic mass is 10.1. The monoisotopic (exact) mass is 596 g/mol. The standard InChI is InChI=1S/C34H41N7O3/c1-26(42)30(39-31-17-21-37-34(41(31)43)28-10-3-2-4-11-28)18-23-40(24-25-44-32-14-5-7-19-35-32)22-8-6-13-29-16-15-27-12-9-20-36-33(27)38-29/h2-5,7,10-11,14-17,19,21,30,43H,6,8-9,12-13,18,20,22-25H2,1H3,(H,36,38)/p+1/t30-/m0/s1. The molecule has 44 heavy (non-hydrogen) atoms. The number of carbonyl (C=O) groups excluding carboxylic acids is 1. The van der Waals surface area contributed by atoms with Crippen LogP contribution in [0, 0.1) is 0 Å². The molecule has 1 atom stereocenters. The number of aryl methyl sites for hydroxylation is 2. The third kappa shape index (κ3) is 8.73. The van der Waals surface area contributed by atoms with Crippen LogP contribution in [0.3, 0.4) is 0 Å². The number of ether oxygens (including phenoxy) is 1. The molecule has 10 heteroatoms. The summed E-state index contributed by atoms with van der Waals surface area (Å²) in [7, 11) is 0. The number of Topliss-reactive ketones (excluding diaryl/α,β-unsaturated/α-hetero) is 1. The highest BCUT2D eigenvalue weighted by Crippen LogP contribution is 2.20. The first-order valence-electron chi connectivity index (χ1n) is 15.5. The first kappa shape index (κ1) is 30.9. The van der Waals surface area contributed by atoms with Gasteiger partial charge in [0.15, 0.2) is 5.78 Å². The van der Waals surface area contributed by atoms with Gasteiger partial charge in [-0.3, -0.25) is 15.0 Å². The van der Waals surface area contributed by atoms with E-state index in [-0.39, 0.29) is 5.78 Å². The topological polar surface area (TPSA) is 116 Å². The Bertz CT molecular complexity index is 1490. The quantitative estimate of drug-likeness (QED) is 0.0971. The highest BCUT2D eigenvalue weighted by Gasteiger charge is 2.24. The van der Waals surface area contributed by atoms with E-state index >= 15 is 0 Å². The van der Waals surface area contributed by atoms with E-state index in [9.17, 15) is 10.0 Å². The maximum atomic E-state index is 12.7. The van der Waals surface area contributed by atoms with Gasteiger partial charge in [-0.1, -0.05) is 35.1 Å². The fraction of sp³-hybridized carbons (Fsp3) is 0.382. The van der Waals surface area contributed by atoms with Gasteiger partial charge in [0.2, 0.25) is 5.88 Å². The fourth-order valence-electron chi connectivity index (χ4n) is 5.38. The smallest absolute Gasteiger partial charge is 0.307 e. The largest absolute Gasteiger partial charge is 0.476 e. The Morgan fingerprint density at radius 3 is 2.70 bits per heavy atom. The molecule has 1 aliphatic rings. The minimum atomic E-state index is -0.481. The number of benzene rings is 1. The van der Waals surface area contributed by atoms with E-state index in [1.165, 1.54) is 5.56 Å². The molecule has 0 aliphatic carbocycles. The van der Waals surface area contributed by atoms with Crippen molar-refractivity contribution >= 4 is 17.4 Å². The van der Waals surface area contributed by atoms with Crippen molar-refractivity contribution in [1.29, 1.82) is 0 Å². The maximum Gasteiger partial charge on any atom is 0.307 e. The van der Waals surface area contributed by atoms with Gasteiger partial charge in [0, 0.05) is 50.1 Å². The number of pyridine rings is 2. The molecule has 230 valence electrons. The zero-order valence-corrected chi connectivity index (χ0v) is 25.4. The Hall–Kier alpha value is -4.57. The number of unbranched alkanes of at least 4 members (excludes halogenated alkanes) is 1. The van der Waals surface area contributed by atoms with Gasteiger partial charge in [0.1, 0.15) is 24.7 Å². The van der Waals surface area contributed by atoms with Crippen molar-refractivity contribution in [3.05, 3.63) is 90.4 Å². The molecular weight excluding hydrogens is 554 g/mol. The Balaban J connectivity index is 1.18. The van der Waals surface area contributed by atoms with Crippen LogP contribution in [0.1, 0.15) is 43.9 Å². The second kappa shape index (κ2) is 15.8. The normalized spacial score (nSPS) is 13.1. The predicted octanol–water partition coefficient (Wildman–Crippen LogP) is 4.59. The van der Waals surface area contributed by atoms with Crippen molar-refractivity contribution in [3.8, 4) is 17.3 Å². The zero-order valence-electron chi connectivity index (χ0n) is 25.4. The van der Waals surface area contributed by atoms with E-state index in [2.05, 4.69) is 37.6 Å². The second-order valence-electron chi connectivity index (χ2n) is 11.1. The average molecular weight is 597 g/mol. The molecule has 0 fully saturated rings. The minimum absolute atomic E-state index is 0.000137. The van der Waals surface area contributed by atoms with Gasteiger partial charge in [-0.05, 0) is 75.4 Å². The number of hydrogen-bond acceptors (Lipinski definition) is 9. The van der Waals surface area contributed by atoms with Crippen molar-refractivity contribution in [3.63, 3.8) is 0 Å². The summed E-state index contributed by atoms with van der Waals surface area (Å²) in [5.74, 6) is 2.45. The van der Waals surface area contributed by atoms with Crippen molar-refractivity contribution in [2.75, 3.05) is 43.4 Å². The van der Waals surface area contributed by atoms with Crippen molar-refractivity contribution in [2.24, 2.45) is 0 Å². The number of carbonyl (C=O) groups is 1. The molecule has 1 aromatic carbocycles. The van der Waals surface area contributed by atoms with Gasteiger partial charge in [0.05, 0.1) is 5.56 Å². The fourth-order valence-corrected chi connectivity index (χ4v) is 5.38. The lowest BCUT2D eigenvalue weighted by molar-refractivity contribution is -0.886. The van der Waals surface area contributed by atoms with Gasteiger partial charge < -0.3 is 15.3 Å². The summed E-state index contributed by atoms with van der Waals surface area (Å²) in [4.78, 5) is 28.5. The van der Waals surface area contributed by atoms with Crippen molar-refractivity contribution < 1.29 is 19.5 Å². The molecule has 0 saturated carbocycles.